The van der Waals surface area contributed by atoms with Crippen molar-refractivity contribution >= 4 is 45.5 Å². The molecule has 4 N–H and O–H groups in total. The van der Waals surface area contributed by atoms with Gasteiger partial charge in [-0.1, -0.05) is 199 Å². The quantitative estimate of drug-likeness (QED) is 0.0237. The van der Waals surface area contributed by atoms with Gasteiger partial charge in [-0.15, -0.1) is 11.3 Å². The highest BCUT2D eigenvalue weighted by Gasteiger charge is 2.38. The average molecular weight is 789 g/mol. The van der Waals surface area contributed by atoms with Crippen LogP contribution in [0.4, 0.5) is 5.13 Å². The predicted octanol–water partition coefficient (Wildman–Crippen LogP) is 9.46. The first-order chi connectivity index (χ1) is 28.0. The number of carbonyl (C=O) groups is 1. The third kappa shape index (κ3) is 8.66. The smallest absolute Gasteiger partial charge is 0.360 e. The molecule has 6 aromatic carbocycles. The maximum atomic E-state index is 12.5. The molecule has 0 saturated carbocycles. The molecule has 0 aliphatic heterocycles. The van der Waals surface area contributed by atoms with E-state index in [0.29, 0.717) is 5.13 Å². The number of nitrogens with zero attached hydrogens (tertiary/aromatic N) is 3. The number of aromatic nitrogens is 1. The summed E-state index contributed by atoms with van der Waals surface area (Å²) in [6.07, 6.45) is 0. The van der Waals surface area contributed by atoms with Gasteiger partial charge in [0.1, 0.15) is 16.8 Å². The van der Waals surface area contributed by atoms with Crippen LogP contribution >= 0.6 is 23.1 Å². The Hall–Kier alpha value is -6.53. The summed E-state index contributed by atoms with van der Waals surface area (Å²) >= 11 is 2.52. The Morgan fingerprint density at radius 2 is 1.05 bits per heavy atom. The van der Waals surface area contributed by atoms with Crippen LogP contribution in [-0.2, 0) is 20.7 Å². The second kappa shape index (κ2) is 18.4. The van der Waals surface area contributed by atoms with Crippen LogP contribution in [0.2, 0.25) is 0 Å². The molecular weight excluding hydrogens is 749 g/mol. The van der Waals surface area contributed by atoms with Gasteiger partial charge in [-0.25, -0.2) is 20.7 Å². The lowest BCUT2D eigenvalue weighted by Crippen LogP contribution is -2.50. The Balaban J connectivity index is 1.07. The Bertz CT molecular complexity index is 2190. The lowest BCUT2D eigenvalue weighted by atomic mass is 9.77. The molecule has 0 amide bonds. The molecule has 0 aliphatic carbocycles. The Kier molecular flexibility index (Phi) is 12.5. The summed E-state index contributed by atoms with van der Waals surface area (Å²) in [5.74, 6) is -1.26. The Morgan fingerprint density at radius 3 is 1.44 bits per heavy atom. The average Bonchev–Trinajstić information content (AvgIpc) is 3.73. The van der Waals surface area contributed by atoms with Gasteiger partial charge in [-0.05, 0) is 40.3 Å². The summed E-state index contributed by atoms with van der Waals surface area (Å²) in [5.41, 5.74) is 11.9. The minimum Gasteiger partial charge on any atom is -0.476 e. The van der Waals surface area contributed by atoms with Gasteiger partial charge in [0.2, 0.25) is 5.71 Å². The number of hydrogen-bond donors (Lipinski definition) is 4. The molecule has 0 spiro atoms. The molecule has 57 heavy (non-hydrogen) atoms. The minimum absolute atomic E-state index is 0.175. The van der Waals surface area contributed by atoms with Crippen LogP contribution in [0, 0.1) is 0 Å². The van der Waals surface area contributed by atoms with Crippen molar-refractivity contribution < 1.29 is 14.7 Å². The van der Waals surface area contributed by atoms with Crippen LogP contribution < -0.4 is 16.3 Å². The predicted molar refractivity (Wildman–Crippen MR) is 231 cm³/mol. The lowest BCUT2D eigenvalue weighted by molar-refractivity contribution is -0.129. The van der Waals surface area contributed by atoms with Crippen molar-refractivity contribution in [3.8, 4) is 0 Å². The van der Waals surface area contributed by atoms with Gasteiger partial charge in [-0.2, -0.15) is 5.10 Å². The lowest BCUT2D eigenvalue weighted by Gasteiger charge is -2.36. The summed E-state index contributed by atoms with van der Waals surface area (Å²) < 4.78 is 0. The summed E-state index contributed by atoms with van der Waals surface area (Å²) in [4.78, 5) is 22.9. The van der Waals surface area contributed by atoms with Crippen LogP contribution in [0.15, 0.2) is 198 Å². The monoisotopic (exact) mass is 788 g/mol. The van der Waals surface area contributed by atoms with E-state index in [-0.39, 0.29) is 11.4 Å². The number of hydrogen-bond acceptors (Lipinski definition) is 10. The van der Waals surface area contributed by atoms with E-state index in [1.165, 1.54) is 23.1 Å². The molecular formula is C46H40N6O3S2. The molecule has 284 valence electrons. The first-order valence-electron chi connectivity index (χ1n) is 18.2. The maximum Gasteiger partial charge on any atom is 0.360 e. The SMILES string of the molecule is CC(ON=C(C(=O)O)c1csc(NC(c2ccccc2)(c2ccccc2)c2ccccc2)n1)SC=NNNC(c1ccccc1)(c1ccccc1)c1ccccc1. The third-order valence-corrected chi connectivity index (χ3v) is 10.8. The molecule has 1 unspecified atom stereocenters. The zero-order valence-corrected chi connectivity index (χ0v) is 32.6. The number of thioether (sulfide) groups is 1. The molecule has 7 rings (SSSR count). The van der Waals surface area contributed by atoms with Gasteiger partial charge >= 0.3 is 5.97 Å². The van der Waals surface area contributed by atoms with Crippen LogP contribution in [0.25, 0.3) is 0 Å². The van der Waals surface area contributed by atoms with Crippen LogP contribution in [0.5, 0.6) is 0 Å². The van der Waals surface area contributed by atoms with Crippen LogP contribution in [0.3, 0.4) is 0 Å². The number of aliphatic carboxylic acids is 1. The van der Waals surface area contributed by atoms with Gasteiger partial charge in [-0.3, -0.25) is 0 Å². The Morgan fingerprint density at radius 1 is 0.667 bits per heavy atom. The molecule has 0 radical (unpaired) electrons. The number of carboxylic acid groups (broad SMARTS) is 1. The second-order valence-electron chi connectivity index (χ2n) is 12.9. The number of hydrazone groups is 1. The van der Waals surface area contributed by atoms with E-state index >= 15 is 0 Å². The number of thiazole rings is 1. The van der Waals surface area contributed by atoms with Crippen LogP contribution in [-0.4, -0.2) is 32.8 Å². The third-order valence-electron chi connectivity index (χ3n) is 9.39. The molecule has 9 nitrogen and oxygen atoms in total. The van der Waals surface area contributed by atoms with Gasteiger partial charge in [0.05, 0.1) is 5.55 Å². The standard InChI is InChI=1S/C46H40N6O3S2/c1-34(57-33-47-52-51-46(38-26-14-5-15-27-38,39-28-16-6-17-29-39)40-30-18-7-19-31-40)55-50-42(43(53)54)41-32-56-44(48-41)49-45(35-20-8-2-9-21-35,36-22-10-3-11-23-36)37-24-12-4-13-25-37/h2-34,51-52H,1H3,(H,48,49)(H,53,54). The molecule has 7 aromatic rings. The summed E-state index contributed by atoms with van der Waals surface area (Å²) in [7, 11) is 0. The van der Waals surface area contributed by atoms with Crippen molar-refractivity contribution in [2.45, 2.75) is 23.4 Å². The highest BCUT2D eigenvalue weighted by atomic mass is 32.2. The number of hydrazine groups is 1. The van der Waals surface area contributed by atoms with Crippen molar-refractivity contribution in [3.63, 3.8) is 0 Å². The van der Waals surface area contributed by atoms with Crippen molar-refractivity contribution in [2.75, 3.05) is 5.32 Å². The topological polar surface area (TPSA) is 120 Å². The van der Waals surface area contributed by atoms with Gasteiger partial charge in [0, 0.05) is 5.38 Å². The molecule has 1 atom stereocenters. The Labute approximate surface area is 340 Å². The fraction of sp³-hybridized carbons (Fsp3) is 0.0870. The van der Waals surface area contributed by atoms with Gasteiger partial charge < -0.3 is 15.3 Å². The van der Waals surface area contributed by atoms with E-state index in [4.69, 9.17) is 9.82 Å². The van der Waals surface area contributed by atoms with E-state index in [2.05, 4.69) is 99.3 Å². The van der Waals surface area contributed by atoms with Gasteiger partial charge in [0.25, 0.3) is 0 Å². The largest absolute Gasteiger partial charge is 0.476 e. The number of rotatable bonds is 17. The second-order valence-corrected chi connectivity index (χ2v) is 14.9. The highest BCUT2D eigenvalue weighted by Crippen LogP contribution is 2.41. The van der Waals surface area contributed by atoms with E-state index in [9.17, 15) is 9.90 Å². The van der Waals surface area contributed by atoms with E-state index in [0.717, 1.165) is 33.4 Å². The van der Waals surface area contributed by atoms with Crippen molar-refractivity contribution in [1.82, 2.24) is 15.9 Å². The van der Waals surface area contributed by atoms with E-state index < -0.39 is 22.5 Å². The van der Waals surface area contributed by atoms with Gasteiger partial charge in [0.15, 0.2) is 10.6 Å². The molecule has 1 heterocycles. The number of benzene rings is 6. The number of nitrogens with one attached hydrogen (secondary N) is 3. The minimum atomic E-state index is -1.26. The first-order valence-corrected chi connectivity index (χ1v) is 20.1. The molecule has 0 fully saturated rings. The normalized spacial score (nSPS) is 12.5. The van der Waals surface area contributed by atoms with E-state index in [1.807, 2.05) is 109 Å². The highest BCUT2D eigenvalue weighted by molar-refractivity contribution is 8.12. The van der Waals surface area contributed by atoms with E-state index in [1.54, 1.807) is 17.9 Å². The number of oxime groups is 1. The molecule has 0 aliphatic rings. The summed E-state index contributed by atoms with van der Waals surface area (Å²) in [6, 6.07) is 60.9. The maximum absolute atomic E-state index is 12.5. The van der Waals surface area contributed by atoms with Crippen molar-refractivity contribution in [2.24, 2.45) is 10.3 Å². The first kappa shape index (κ1) is 38.7. The van der Waals surface area contributed by atoms with Crippen molar-refractivity contribution in [3.05, 3.63) is 226 Å². The molecule has 0 saturated heterocycles. The zero-order valence-electron chi connectivity index (χ0n) is 31.0. The molecule has 1 aromatic heterocycles. The number of anilines is 1. The number of carboxylic acids is 1. The van der Waals surface area contributed by atoms with Crippen LogP contribution in [0.1, 0.15) is 46.0 Å². The molecule has 0 bridgehead atoms. The van der Waals surface area contributed by atoms with Crippen molar-refractivity contribution in [1.29, 1.82) is 0 Å². The summed E-state index contributed by atoms with van der Waals surface area (Å²) in [5, 5.41) is 24.5. The fourth-order valence-electron chi connectivity index (χ4n) is 6.77. The fourth-order valence-corrected chi connectivity index (χ4v) is 7.90. The zero-order chi connectivity index (χ0) is 39.3. The summed E-state index contributed by atoms with van der Waals surface area (Å²) in [6.45, 7) is 1.76. The molecule has 11 heteroatoms.